The standard InChI is InChI=1S/C45H69N3O10S/c1-29(2)7-6-8-30(3)36-15-16-37-35-14-11-32-28-34(19-21-44(32,4)38(35)20-22-45(36,37)5)58-43(53)48-39(27-31-9-12-33(49)13-10-31)42(52)47-23-25-57-41(51)18-17-40(50)46-24-26-59(54,55)56/h9-13,29-30,34-39,49H,6-8,14-28H2,1-5H3,(H,46,50)(H,47,52)(H,48,53)(H,54,55,56)/t30-,34+,35?,36-,37+,38+,39+,44?,45?/m1/s1. The van der Waals surface area contributed by atoms with Gasteiger partial charge >= 0.3 is 12.1 Å². The molecule has 3 fully saturated rings. The molecular formula is C45H69N3O10S. The molecule has 3 unspecified atom stereocenters. The van der Waals surface area contributed by atoms with Gasteiger partial charge in [-0.15, -0.1) is 0 Å². The summed E-state index contributed by atoms with van der Waals surface area (Å²) >= 11 is 0. The van der Waals surface area contributed by atoms with Gasteiger partial charge in [-0.25, -0.2) is 4.79 Å². The first kappa shape index (κ1) is 46.4. The number of hydrogen-bond donors (Lipinski definition) is 5. The topological polar surface area (TPSA) is 197 Å². The van der Waals surface area contributed by atoms with Crippen LogP contribution in [0.5, 0.6) is 5.75 Å². The lowest BCUT2D eigenvalue weighted by Gasteiger charge is -2.58. The quantitative estimate of drug-likeness (QED) is 0.0424. The van der Waals surface area contributed by atoms with Crippen molar-refractivity contribution >= 4 is 34.0 Å². The summed E-state index contributed by atoms with van der Waals surface area (Å²) in [5, 5.41) is 17.5. The van der Waals surface area contributed by atoms with Crippen molar-refractivity contribution in [2.45, 2.75) is 137 Å². The number of ether oxygens (including phenoxy) is 2. The minimum Gasteiger partial charge on any atom is -0.508 e. The first-order valence-corrected chi connectivity index (χ1v) is 23.6. The van der Waals surface area contributed by atoms with Gasteiger partial charge in [-0.05, 0) is 109 Å². The molecule has 0 spiro atoms. The summed E-state index contributed by atoms with van der Waals surface area (Å²) in [6.45, 7) is 11.7. The minimum atomic E-state index is -4.22. The van der Waals surface area contributed by atoms with Gasteiger partial charge in [-0.3, -0.25) is 18.9 Å². The molecule has 0 aromatic heterocycles. The Kier molecular flexibility index (Phi) is 16.0. The van der Waals surface area contributed by atoms with E-state index in [0.29, 0.717) is 29.2 Å². The van der Waals surface area contributed by atoms with Crippen LogP contribution in [0.15, 0.2) is 35.9 Å². The Labute approximate surface area is 351 Å². The molecule has 0 bridgehead atoms. The van der Waals surface area contributed by atoms with Crippen LogP contribution < -0.4 is 16.0 Å². The molecular weight excluding hydrogens is 775 g/mol. The average Bonchev–Trinajstić information content (AvgIpc) is 3.53. The average molecular weight is 844 g/mol. The van der Waals surface area contributed by atoms with Crippen LogP contribution >= 0.6 is 0 Å². The molecule has 1 aromatic rings. The monoisotopic (exact) mass is 843 g/mol. The van der Waals surface area contributed by atoms with E-state index in [4.69, 9.17) is 14.0 Å². The third kappa shape index (κ3) is 12.5. The van der Waals surface area contributed by atoms with Crippen LogP contribution in [0.1, 0.15) is 124 Å². The molecule has 14 heteroatoms. The molecule has 3 amide bonds. The maximum absolute atomic E-state index is 13.4. The molecule has 0 saturated heterocycles. The summed E-state index contributed by atoms with van der Waals surface area (Å²) in [5.74, 6) is 2.14. The molecule has 1 aromatic carbocycles. The van der Waals surface area contributed by atoms with E-state index < -0.39 is 45.8 Å². The Bertz CT molecular complexity index is 1770. The number of allylic oxidation sites excluding steroid dienone is 1. The van der Waals surface area contributed by atoms with Gasteiger partial charge in [0, 0.05) is 25.8 Å². The van der Waals surface area contributed by atoms with E-state index in [2.05, 4.69) is 56.6 Å². The van der Waals surface area contributed by atoms with Gasteiger partial charge in [0.2, 0.25) is 11.8 Å². The molecule has 0 radical (unpaired) electrons. The summed E-state index contributed by atoms with van der Waals surface area (Å²) < 4.78 is 41.5. The number of carbonyl (C=O) groups is 4. The van der Waals surface area contributed by atoms with Crippen LogP contribution in [-0.2, 0) is 40.4 Å². The van der Waals surface area contributed by atoms with Crippen LogP contribution in [0, 0.1) is 46.3 Å². The summed E-state index contributed by atoms with van der Waals surface area (Å²) in [5.41, 5.74) is 2.64. The Morgan fingerprint density at radius 3 is 2.37 bits per heavy atom. The van der Waals surface area contributed by atoms with Crippen molar-refractivity contribution in [2.75, 3.05) is 25.4 Å². The summed E-state index contributed by atoms with van der Waals surface area (Å²) in [6, 6.07) is 5.34. The lowest BCUT2D eigenvalue weighted by Crippen LogP contribution is -2.52. The lowest BCUT2D eigenvalue weighted by molar-refractivity contribution is -0.145. The van der Waals surface area contributed by atoms with E-state index in [1.165, 1.54) is 62.7 Å². The van der Waals surface area contributed by atoms with Gasteiger partial charge in [0.1, 0.15) is 24.5 Å². The SMILES string of the molecule is CC(C)CCC[C@@H](C)[C@H]1CC[C@H]2C3CC=C4C[C@@H](OC(=O)N[C@@H](Cc5ccc(O)cc5)C(=O)NCCOC(=O)CCC(=O)NCCS(=O)(=O)O)CCC4(C)[C@H]3CCC12C. The molecule has 4 aliphatic rings. The smallest absolute Gasteiger partial charge is 0.408 e. The fraction of sp³-hybridized carbons (Fsp3) is 0.733. The summed E-state index contributed by atoms with van der Waals surface area (Å²) in [6.07, 6.45) is 13.9. The van der Waals surface area contributed by atoms with Gasteiger partial charge in [0.25, 0.3) is 10.1 Å². The fourth-order valence-corrected chi connectivity index (χ4v) is 11.7. The second kappa shape index (κ2) is 20.3. The van der Waals surface area contributed by atoms with Gasteiger partial charge < -0.3 is 30.5 Å². The van der Waals surface area contributed by atoms with Crippen LogP contribution in [0.3, 0.4) is 0 Å². The third-order valence-electron chi connectivity index (χ3n) is 14.4. The molecule has 5 N–H and O–H groups in total. The van der Waals surface area contributed by atoms with Crippen molar-refractivity contribution in [3.63, 3.8) is 0 Å². The van der Waals surface area contributed by atoms with Crippen LogP contribution in [0.25, 0.3) is 0 Å². The highest BCUT2D eigenvalue weighted by atomic mass is 32.2. The number of nitrogens with one attached hydrogen (secondary N) is 3. The molecule has 0 heterocycles. The number of fused-ring (bicyclic) bond motifs is 5. The molecule has 330 valence electrons. The number of phenols is 1. The number of alkyl carbamates (subject to hydrolysis) is 1. The van der Waals surface area contributed by atoms with E-state index in [0.717, 1.165) is 42.9 Å². The molecule has 59 heavy (non-hydrogen) atoms. The van der Waals surface area contributed by atoms with Crippen molar-refractivity contribution < 1.29 is 46.7 Å². The molecule has 4 aliphatic carbocycles. The zero-order chi connectivity index (χ0) is 43.0. The van der Waals surface area contributed by atoms with Crippen molar-refractivity contribution in [3.8, 4) is 5.75 Å². The molecule has 9 atom stereocenters. The second-order valence-corrected chi connectivity index (χ2v) is 20.3. The van der Waals surface area contributed by atoms with Crippen LogP contribution in [0.2, 0.25) is 0 Å². The Balaban J connectivity index is 1.12. The first-order valence-electron chi connectivity index (χ1n) is 22.0. The maximum Gasteiger partial charge on any atom is 0.408 e. The van der Waals surface area contributed by atoms with Crippen molar-refractivity contribution in [2.24, 2.45) is 46.3 Å². The molecule has 5 rings (SSSR count). The number of esters is 1. The predicted octanol–water partition coefficient (Wildman–Crippen LogP) is 6.88. The highest BCUT2D eigenvalue weighted by molar-refractivity contribution is 7.85. The predicted molar refractivity (Wildman–Crippen MR) is 225 cm³/mol. The van der Waals surface area contributed by atoms with Crippen molar-refractivity contribution in [1.82, 2.24) is 16.0 Å². The van der Waals surface area contributed by atoms with Gasteiger partial charge in [0.15, 0.2) is 0 Å². The largest absolute Gasteiger partial charge is 0.508 e. The van der Waals surface area contributed by atoms with E-state index in [9.17, 15) is 32.7 Å². The van der Waals surface area contributed by atoms with Crippen LogP contribution in [-0.4, -0.2) is 79.5 Å². The zero-order valence-corrected chi connectivity index (χ0v) is 36.6. The molecule has 13 nitrogen and oxygen atoms in total. The third-order valence-corrected chi connectivity index (χ3v) is 15.1. The van der Waals surface area contributed by atoms with Crippen molar-refractivity contribution in [3.05, 3.63) is 41.5 Å². The lowest BCUT2D eigenvalue weighted by atomic mass is 9.47. The Morgan fingerprint density at radius 2 is 1.66 bits per heavy atom. The van der Waals surface area contributed by atoms with Gasteiger partial charge in [0.05, 0.1) is 18.7 Å². The van der Waals surface area contributed by atoms with Gasteiger partial charge in [-0.2, -0.15) is 8.42 Å². The van der Waals surface area contributed by atoms with E-state index >= 15 is 0 Å². The van der Waals surface area contributed by atoms with E-state index in [1.807, 2.05) is 0 Å². The number of benzene rings is 1. The van der Waals surface area contributed by atoms with Crippen molar-refractivity contribution in [1.29, 1.82) is 0 Å². The highest BCUT2D eigenvalue weighted by Gasteiger charge is 2.59. The number of hydrogen-bond acceptors (Lipinski definition) is 9. The minimum absolute atomic E-state index is 0.0521. The number of phenolic OH excluding ortho intramolecular Hbond substituents is 1. The van der Waals surface area contributed by atoms with Gasteiger partial charge in [-0.1, -0.05) is 77.7 Å². The number of rotatable bonds is 19. The van der Waals surface area contributed by atoms with E-state index in [1.54, 1.807) is 12.1 Å². The second-order valence-electron chi connectivity index (χ2n) is 18.8. The highest BCUT2D eigenvalue weighted by Crippen LogP contribution is 2.67. The Morgan fingerprint density at radius 1 is 0.915 bits per heavy atom. The number of aromatic hydroxyl groups is 1. The first-order chi connectivity index (χ1) is 27.9. The zero-order valence-electron chi connectivity index (χ0n) is 35.8. The normalized spacial score (nSPS) is 28.5. The van der Waals surface area contributed by atoms with E-state index in [-0.39, 0.29) is 56.2 Å². The number of amides is 3. The maximum atomic E-state index is 13.4. The van der Waals surface area contributed by atoms with Crippen LogP contribution in [0.4, 0.5) is 4.79 Å². The molecule has 3 saturated carbocycles. The Hall–Kier alpha value is -3.65. The number of carbonyl (C=O) groups excluding carboxylic acids is 4. The molecule has 0 aliphatic heterocycles. The fourth-order valence-electron chi connectivity index (χ4n) is 11.3. The summed E-state index contributed by atoms with van der Waals surface area (Å²) in [4.78, 5) is 50.8. The summed E-state index contributed by atoms with van der Waals surface area (Å²) in [7, 11) is -4.22.